The molecule has 1 aliphatic rings. The van der Waals surface area contributed by atoms with Crippen LogP contribution in [0.4, 0.5) is 0 Å². The van der Waals surface area contributed by atoms with Crippen molar-refractivity contribution >= 4 is 35.0 Å². The smallest absolute Gasteiger partial charge is 0.326 e. The number of carbonyl (C=O) groups is 2. The van der Waals surface area contributed by atoms with Crippen LogP contribution in [-0.4, -0.2) is 45.2 Å². The summed E-state index contributed by atoms with van der Waals surface area (Å²) >= 11 is 3.09. The van der Waals surface area contributed by atoms with Gasteiger partial charge < -0.3 is 10.0 Å². The average molecular weight is 328 g/mol. The first-order valence-electron chi connectivity index (χ1n) is 7.00. The van der Waals surface area contributed by atoms with Crippen LogP contribution in [0.3, 0.4) is 0 Å². The Morgan fingerprint density at radius 3 is 2.95 bits per heavy atom. The van der Waals surface area contributed by atoms with Gasteiger partial charge in [0.1, 0.15) is 6.04 Å². The van der Waals surface area contributed by atoms with E-state index in [1.807, 2.05) is 19.2 Å². The number of aryl methyl sites for hydroxylation is 1. The van der Waals surface area contributed by atoms with Crippen molar-refractivity contribution in [3.8, 4) is 0 Å². The van der Waals surface area contributed by atoms with Crippen molar-refractivity contribution in [2.24, 2.45) is 5.92 Å². The number of rotatable bonds is 5. The van der Waals surface area contributed by atoms with E-state index in [-0.39, 0.29) is 11.8 Å². The van der Waals surface area contributed by atoms with Crippen LogP contribution >= 0.6 is 23.1 Å². The summed E-state index contributed by atoms with van der Waals surface area (Å²) in [5, 5.41) is 12.3. The zero-order valence-corrected chi connectivity index (χ0v) is 13.9. The quantitative estimate of drug-likeness (QED) is 0.899. The average Bonchev–Trinajstić information content (AvgIpc) is 2.83. The molecule has 1 saturated heterocycles. The van der Waals surface area contributed by atoms with Crippen molar-refractivity contribution in [1.82, 2.24) is 9.88 Å². The summed E-state index contributed by atoms with van der Waals surface area (Å²) in [5.74, 6) is 0.0533. The maximum absolute atomic E-state index is 12.3. The van der Waals surface area contributed by atoms with E-state index >= 15 is 0 Å². The molecule has 2 rings (SSSR count). The van der Waals surface area contributed by atoms with Gasteiger partial charge in [-0.3, -0.25) is 4.79 Å². The van der Waals surface area contributed by atoms with Gasteiger partial charge in [0.15, 0.2) is 0 Å². The second-order valence-corrected chi connectivity index (χ2v) is 7.39. The number of thiazole rings is 1. The van der Waals surface area contributed by atoms with E-state index in [0.717, 1.165) is 23.5 Å². The van der Waals surface area contributed by atoms with Crippen LogP contribution in [0.5, 0.6) is 0 Å². The number of carboxylic acids is 1. The van der Waals surface area contributed by atoms with Gasteiger partial charge in [-0.1, -0.05) is 6.92 Å². The normalized spacial score (nSPS) is 22.3. The molecule has 2 unspecified atom stereocenters. The Balaban J connectivity index is 1.87. The molecule has 7 heteroatoms. The zero-order chi connectivity index (χ0) is 15.4. The predicted molar refractivity (Wildman–Crippen MR) is 84.5 cm³/mol. The van der Waals surface area contributed by atoms with Crippen LogP contribution < -0.4 is 0 Å². The number of carbonyl (C=O) groups excluding carboxylic acids is 1. The summed E-state index contributed by atoms with van der Waals surface area (Å²) in [6.45, 7) is 4.41. The molecule has 1 aromatic rings. The minimum atomic E-state index is -0.893. The van der Waals surface area contributed by atoms with Crippen LogP contribution in [0.2, 0.25) is 0 Å². The number of carboxylic acid groups (broad SMARTS) is 1. The fourth-order valence-corrected chi connectivity index (χ4v) is 4.16. The number of amides is 1. The lowest BCUT2D eigenvalue weighted by Gasteiger charge is -2.37. The van der Waals surface area contributed by atoms with Gasteiger partial charge in [-0.05, 0) is 25.7 Å². The lowest BCUT2D eigenvalue weighted by Crippen LogP contribution is -2.52. The first-order chi connectivity index (χ1) is 9.99. The van der Waals surface area contributed by atoms with Gasteiger partial charge >= 0.3 is 5.97 Å². The molecule has 1 aliphatic heterocycles. The standard InChI is InChI=1S/C14H20N2O3S2/c1-9-4-3-5-16(13(9)14(18)19)12(17)8-20-6-11-7-21-10(2)15-11/h7,9,13H,3-6,8H2,1-2H3,(H,18,19). The lowest BCUT2D eigenvalue weighted by atomic mass is 9.91. The van der Waals surface area contributed by atoms with Crippen LogP contribution in [0.15, 0.2) is 5.38 Å². The maximum atomic E-state index is 12.3. The van der Waals surface area contributed by atoms with Crippen LogP contribution in [-0.2, 0) is 15.3 Å². The topological polar surface area (TPSA) is 70.5 Å². The van der Waals surface area contributed by atoms with Crippen molar-refractivity contribution in [2.45, 2.75) is 38.5 Å². The van der Waals surface area contributed by atoms with E-state index in [1.54, 1.807) is 11.3 Å². The molecule has 1 aromatic heterocycles. The second-order valence-electron chi connectivity index (χ2n) is 5.34. The molecule has 21 heavy (non-hydrogen) atoms. The predicted octanol–water partition coefficient (Wildman–Crippen LogP) is 2.40. The minimum absolute atomic E-state index is 0.0198. The highest BCUT2D eigenvalue weighted by Crippen LogP contribution is 2.25. The number of likely N-dealkylation sites (tertiary alicyclic amines) is 1. The van der Waals surface area contributed by atoms with Crippen molar-refractivity contribution in [1.29, 1.82) is 0 Å². The lowest BCUT2D eigenvalue weighted by molar-refractivity contribution is -0.153. The highest BCUT2D eigenvalue weighted by Gasteiger charge is 2.36. The fraction of sp³-hybridized carbons (Fsp3) is 0.643. The third-order valence-corrected chi connectivity index (χ3v) is 5.42. The number of aromatic nitrogens is 1. The molecular weight excluding hydrogens is 308 g/mol. The summed E-state index contributed by atoms with van der Waals surface area (Å²) < 4.78 is 0. The van der Waals surface area contributed by atoms with Crippen molar-refractivity contribution in [3.63, 3.8) is 0 Å². The van der Waals surface area contributed by atoms with Crippen molar-refractivity contribution in [2.75, 3.05) is 12.3 Å². The number of aliphatic carboxylic acids is 1. The Bertz CT molecular complexity index is 518. The van der Waals surface area contributed by atoms with E-state index in [2.05, 4.69) is 4.98 Å². The molecule has 1 N–H and O–H groups in total. The van der Waals surface area contributed by atoms with Crippen LogP contribution in [0.1, 0.15) is 30.5 Å². The van der Waals surface area contributed by atoms with Gasteiger partial charge in [0.05, 0.1) is 16.5 Å². The SMILES string of the molecule is Cc1nc(CSCC(=O)N2CCCC(C)C2C(=O)O)cs1. The van der Waals surface area contributed by atoms with Gasteiger partial charge in [-0.2, -0.15) is 0 Å². The van der Waals surface area contributed by atoms with E-state index in [1.165, 1.54) is 16.7 Å². The molecular formula is C14H20N2O3S2. The first kappa shape index (κ1) is 16.3. The molecule has 0 aliphatic carbocycles. The molecule has 116 valence electrons. The third-order valence-electron chi connectivity index (χ3n) is 3.65. The number of nitrogens with zero attached hydrogens (tertiary/aromatic N) is 2. The molecule has 1 amide bonds. The van der Waals surface area contributed by atoms with E-state index in [0.29, 0.717) is 18.1 Å². The second kappa shape index (κ2) is 7.26. The molecule has 2 atom stereocenters. The van der Waals surface area contributed by atoms with Gasteiger partial charge in [0.2, 0.25) is 5.91 Å². The van der Waals surface area contributed by atoms with Gasteiger partial charge in [-0.15, -0.1) is 23.1 Å². The molecule has 2 heterocycles. The molecule has 0 aromatic carbocycles. The van der Waals surface area contributed by atoms with E-state index in [4.69, 9.17) is 0 Å². The Morgan fingerprint density at radius 2 is 2.33 bits per heavy atom. The van der Waals surface area contributed by atoms with Gasteiger partial charge in [-0.25, -0.2) is 9.78 Å². The Hall–Kier alpha value is -1.08. The number of thioether (sulfide) groups is 1. The molecule has 0 bridgehead atoms. The van der Waals surface area contributed by atoms with Gasteiger partial charge in [0, 0.05) is 17.7 Å². The molecule has 0 saturated carbocycles. The van der Waals surface area contributed by atoms with Crippen LogP contribution in [0, 0.1) is 12.8 Å². The van der Waals surface area contributed by atoms with E-state index in [9.17, 15) is 14.7 Å². The third kappa shape index (κ3) is 4.20. The Morgan fingerprint density at radius 1 is 1.57 bits per heavy atom. The summed E-state index contributed by atoms with van der Waals surface area (Å²) in [5.41, 5.74) is 0.983. The minimum Gasteiger partial charge on any atom is -0.480 e. The molecule has 5 nitrogen and oxygen atoms in total. The first-order valence-corrected chi connectivity index (χ1v) is 9.03. The Labute approximate surface area is 132 Å². The highest BCUT2D eigenvalue weighted by atomic mass is 32.2. The molecule has 1 fully saturated rings. The summed E-state index contributed by atoms with van der Waals surface area (Å²) in [6.07, 6.45) is 1.75. The van der Waals surface area contributed by atoms with E-state index < -0.39 is 12.0 Å². The summed E-state index contributed by atoms with van der Waals surface area (Å²) in [4.78, 5) is 29.5. The number of piperidine rings is 1. The molecule has 0 spiro atoms. The summed E-state index contributed by atoms with van der Waals surface area (Å²) in [6, 6.07) is -0.673. The fourth-order valence-electron chi connectivity index (χ4n) is 2.64. The molecule has 0 radical (unpaired) electrons. The largest absolute Gasteiger partial charge is 0.480 e. The number of hydrogen-bond donors (Lipinski definition) is 1. The van der Waals surface area contributed by atoms with Crippen molar-refractivity contribution < 1.29 is 14.7 Å². The zero-order valence-electron chi connectivity index (χ0n) is 12.2. The monoisotopic (exact) mass is 328 g/mol. The van der Waals surface area contributed by atoms with Crippen molar-refractivity contribution in [3.05, 3.63) is 16.1 Å². The number of hydrogen-bond acceptors (Lipinski definition) is 5. The highest BCUT2D eigenvalue weighted by molar-refractivity contribution is 7.99. The van der Waals surface area contributed by atoms with Crippen LogP contribution in [0.25, 0.3) is 0 Å². The Kier molecular flexibility index (Phi) is 5.64. The maximum Gasteiger partial charge on any atom is 0.326 e. The summed E-state index contributed by atoms with van der Waals surface area (Å²) in [7, 11) is 0. The van der Waals surface area contributed by atoms with Gasteiger partial charge in [0.25, 0.3) is 0 Å².